The molecular formula is C21H15Cl2N3O. The zero-order valence-corrected chi connectivity index (χ0v) is 15.6. The van der Waals surface area contributed by atoms with Crippen molar-refractivity contribution in [1.82, 2.24) is 9.97 Å². The molecule has 0 spiro atoms. The van der Waals surface area contributed by atoms with Crippen molar-refractivity contribution in [1.29, 1.82) is 0 Å². The molecule has 0 aliphatic rings. The summed E-state index contributed by atoms with van der Waals surface area (Å²) in [7, 11) is 0. The molecule has 0 aliphatic heterocycles. The largest absolute Gasteiger partial charge is 0.369 e. The van der Waals surface area contributed by atoms with E-state index in [2.05, 4.69) is 9.97 Å². The second kappa shape index (κ2) is 7.06. The number of carbonyl (C=O) groups is 1. The van der Waals surface area contributed by atoms with E-state index in [4.69, 9.17) is 28.9 Å². The van der Waals surface area contributed by atoms with Gasteiger partial charge in [0, 0.05) is 0 Å². The Bertz CT molecular complexity index is 1120. The number of aromatic nitrogens is 2. The predicted molar refractivity (Wildman–Crippen MR) is 109 cm³/mol. The fourth-order valence-electron chi connectivity index (χ4n) is 3.22. The van der Waals surface area contributed by atoms with Crippen LogP contribution >= 0.6 is 23.2 Å². The summed E-state index contributed by atoms with van der Waals surface area (Å²) < 4.78 is 0. The highest BCUT2D eigenvalue weighted by Crippen LogP contribution is 2.34. The molecule has 1 heterocycles. The summed E-state index contributed by atoms with van der Waals surface area (Å²) >= 11 is 12.6. The van der Waals surface area contributed by atoms with Gasteiger partial charge in [-0.25, -0.2) is 4.98 Å². The first kappa shape index (κ1) is 17.6. The number of hydrogen-bond donors (Lipinski definition) is 2. The molecule has 0 saturated heterocycles. The number of imidazole rings is 1. The topological polar surface area (TPSA) is 71.8 Å². The Hall–Kier alpha value is -2.82. The lowest BCUT2D eigenvalue weighted by Crippen LogP contribution is -2.22. The summed E-state index contributed by atoms with van der Waals surface area (Å²) in [4.78, 5) is 19.9. The molecule has 4 nitrogen and oxygen atoms in total. The van der Waals surface area contributed by atoms with Gasteiger partial charge in [0.15, 0.2) is 0 Å². The number of benzene rings is 3. The molecule has 1 aromatic heterocycles. The Morgan fingerprint density at radius 2 is 1.63 bits per heavy atom. The monoisotopic (exact) mass is 395 g/mol. The minimum absolute atomic E-state index is 0.408. The Labute approximate surface area is 165 Å². The second-order valence-electron chi connectivity index (χ2n) is 6.20. The first-order valence-electron chi connectivity index (χ1n) is 8.33. The van der Waals surface area contributed by atoms with Crippen LogP contribution in [0.25, 0.3) is 22.4 Å². The number of rotatable bonds is 4. The molecule has 4 rings (SSSR count). The van der Waals surface area contributed by atoms with E-state index in [0.29, 0.717) is 21.4 Å². The van der Waals surface area contributed by atoms with Crippen LogP contribution in [0.1, 0.15) is 17.0 Å². The van der Waals surface area contributed by atoms with Crippen LogP contribution < -0.4 is 5.73 Å². The third-order valence-corrected chi connectivity index (χ3v) is 5.09. The van der Waals surface area contributed by atoms with E-state index < -0.39 is 11.8 Å². The molecule has 0 bridgehead atoms. The second-order valence-corrected chi connectivity index (χ2v) is 7.02. The van der Waals surface area contributed by atoms with Crippen molar-refractivity contribution in [3.63, 3.8) is 0 Å². The molecule has 1 unspecified atom stereocenters. The lowest BCUT2D eigenvalue weighted by molar-refractivity contribution is -0.118. The van der Waals surface area contributed by atoms with Gasteiger partial charge < -0.3 is 10.7 Å². The number of amides is 1. The van der Waals surface area contributed by atoms with E-state index in [1.165, 1.54) is 0 Å². The molecule has 27 heavy (non-hydrogen) atoms. The molecule has 1 amide bonds. The Morgan fingerprint density at radius 1 is 0.926 bits per heavy atom. The van der Waals surface area contributed by atoms with Crippen LogP contribution in [0.2, 0.25) is 10.0 Å². The average molecular weight is 396 g/mol. The van der Waals surface area contributed by atoms with Gasteiger partial charge in [-0.1, -0.05) is 65.7 Å². The van der Waals surface area contributed by atoms with Gasteiger partial charge in [0.1, 0.15) is 5.82 Å². The SMILES string of the molecule is NC(=O)C(c1ccccc1)c1ccc2nc(-c3c(Cl)cccc3Cl)[nH]c2c1. The van der Waals surface area contributed by atoms with E-state index in [1.807, 2.05) is 48.5 Å². The molecule has 0 fully saturated rings. The van der Waals surface area contributed by atoms with Gasteiger partial charge in [-0.05, 0) is 35.4 Å². The van der Waals surface area contributed by atoms with Crippen molar-refractivity contribution in [2.45, 2.75) is 5.92 Å². The van der Waals surface area contributed by atoms with Crippen LogP contribution in [-0.2, 0) is 4.79 Å². The summed E-state index contributed by atoms with van der Waals surface area (Å²) in [6.45, 7) is 0. The molecule has 0 saturated carbocycles. The van der Waals surface area contributed by atoms with E-state index >= 15 is 0 Å². The number of nitrogens with one attached hydrogen (secondary N) is 1. The Kier molecular flexibility index (Phi) is 4.60. The summed E-state index contributed by atoms with van der Waals surface area (Å²) in [6.07, 6.45) is 0. The average Bonchev–Trinajstić information content (AvgIpc) is 3.05. The van der Waals surface area contributed by atoms with Crippen LogP contribution in [0.4, 0.5) is 0 Å². The fourth-order valence-corrected chi connectivity index (χ4v) is 3.79. The smallest absolute Gasteiger partial charge is 0.229 e. The third kappa shape index (κ3) is 3.29. The van der Waals surface area contributed by atoms with Crippen molar-refractivity contribution in [3.8, 4) is 11.4 Å². The highest BCUT2D eigenvalue weighted by Gasteiger charge is 2.21. The number of carbonyl (C=O) groups excluding carboxylic acids is 1. The molecule has 1 atom stereocenters. The number of hydrogen-bond acceptors (Lipinski definition) is 2. The lowest BCUT2D eigenvalue weighted by atomic mass is 9.90. The van der Waals surface area contributed by atoms with Gasteiger partial charge in [0.2, 0.25) is 5.91 Å². The standard InChI is InChI=1S/C21H15Cl2N3O/c22-14-7-4-8-15(23)19(14)21-25-16-10-9-13(11-17(16)26-21)18(20(24)27)12-5-2-1-3-6-12/h1-11,18H,(H2,24,27)(H,25,26). The summed E-state index contributed by atoms with van der Waals surface area (Å²) in [5.74, 6) is -0.367. The van der Waals surface area contributed by atoms with Crippen LogP contribution in [0.3, 0.4) is 0 Å². The zero-order valence-electron chi connectivity index (χ0n) is 14.1. The Morgan fingerprint density at radius 3 is 2.30 bits per heavy atom. The lowest BCUT2D eigenvalue weighted by Gasteiger charge is -2.14. The minimum Gasteiger partial charge on any atom is -0.369 e. The molecule has 0 radical (unpaired) electrons. The molecule has 3 aromatic carbocycles. The first-order valence-corrected chi connectivity index (χ1v) is 9.08. The van der Waals surface area contributed by atoms with Gasteiger partial charge in [-0.2, -0.15) is 0 Å². The number of fused-ring (bicyclic) bond motifs is 1. The molecule has 3 N–H and O–H groups in total. The van der Waals surface area contributed by atoms with Gasteiger partial charge in [-0.15, -0.1) is 0 Å². The van der Waals surface area contributed by atoms with E-state index in [9.17, 15) is 4.79 Å². The van der Waals surface area contributed by atoms with Crippen molar-refractivity contribution < 1.29 is 4.79 Å². The summed E-state index contributed by atoms with van der Waals surface area (Å²) in [5, 5.41) is 1.03. The van der Waals surface area contributed by atoms with Gasteiger partial charge >= 0.3 is 0 Å². The maximum atomic E-state index is 12.1. The van der Waals surface area contributed by atoms with E-state index in [1.54, 1.807) is 18.2 Å². The van der Waals surface area contributed by atoms with Crippen molar-refractivity contribution in [2.24, 2.45) is 5.73 Å². The van der Waals surface area contributed by atoms with Crippen LogP contribution in [-0.4, -0.2) is 15.9 Å². The Balaban J connectivity index is 1.82. The number of primary amides is 1. The summed E-state index contributed by atoms with van der Waals surface area (Å²) in [5.41, 5.74) is 9.50. The molecular weight excluding hydrogens is 381 g/mol. The van der Waals surface area contributed by atoms with E-state index in [0.717, 1.165) is 22.2 Å². The number of aromatic amines is 1. The van der Waals surface area contributed by atoms with Crippen molar-refractivity contribution >= 4 is 40.1 Å². The predicted octanol–water partition coefficient (Wildman–Crippen LogP) is 5.15. The summed E-state index contributed by atoms with van der Waals surface area (Å²) in [6, 6.07) is 20.4. The zero-order chi connectivity index (χ0) is 19.0. The number of nitrogens with zero attached hydrogens (tertiary/aromatic N) is 1. The molecule has 134 valence electrons. The number of halogens is 2. The van der Waals surface area contributed by atoms with Crippen LogP contribution in [0.15, 0.2) is 66.7 Å². The minimum atomic E-state index is -0.536. The highest BCUT2D eigenvalue weighted by atomic mass is 35.5. The first-order chi connectivity index (χ1) is 13.0. The van der Waals surface area contributed by atoms with Crippen LogP contribution in [0, 0.1) is 0 Å². The quantitative estimate of drug-likeness (QED) is 0.501. The number of H-pyrrole nitrogens is 1. The highest BCUT2D eigenvalue weighted by molar-refractivity contribution is 6.39. The molecule has 0 aliphatic carbocycles. The number of nitrogens with two attached hydrogens (primary N) is 1. The molecule has 4 aromatic rings. The fraction of sp³-hybridized carbons (Fsp3) is 0.0476. The maximum Gasteiger partial charge on any atom is 0.229 e. The van der Waals surface area contributed by atoms with Crippen molar-refractivity contribution in [2.75, 3.05) is 0 Å². The van der Waals surface area contributed by atoms with Crippen LogP contribution in [0.5, 0.6) is 0 Å². The van der Waals surface area contributed by atoms with E-state index in [-0.39, 0.29) is 0 Å². The molecule has 6 heteroatoms. The van der Waals surface area contributed by atoms with Gasteiger partial charge in [-0.3, -0.25) is 4.79 Å². The maximum absolute atomic E-state index is 12.1. The van der Waals surface area contributed by atoms with Gasteiger partial charge in [0.05, 0.1) is 32.6 Å². The normalized spacial score (nSPS) is 12.2. The van der Waals surface area contributed by atoms with Crippen molar-refractivity contribution in [3.05, 3.63) is 87.9 Å². The van der Waals surface area contributed by atoms with Gasteiger partial charge in [0.25, 0.3) is 0 Å². The third-order valence-electron chi connectivity index (χ3n) is 4.46.